The zero-order valence-corrected chi connectivity index (χ0v) is 18.9. The van der Waals surface area contributed by atoms with Crippen molar-refractivity contribution in [1.82, 2.24) is 15.3 Å². The van der Waals surface area contributed by atoms with Gasteiger partial charge in [0, 0.05) is 43.0 Å². The summed E-state index contributed by atoms with van der Waals surface area (Å²) in [6.07, 6.45) is 1.27. The molecule has 1 atom stereocenters. The lowest BCUT2D eigenvalue weighted by Crippen LogP contribution is -2.32. The van der Waals surface area contributed by atoms with Crippen molar-refractivity contribution in [1.29, 1.82) is 0 Å². The van der Waals surface area contributed by atoms with Crippen LogP contribution in [0.5, 0.6) is 5.88 Å². The number of aromatic amines is 1. The Hall–Kier alpha value is -4.27. The highest BCUT2D eigenvalue weighted by molar-refractivity contribution is 5.91. The summed E-state index contributed by atoms with van der Waals surface area (Å²) in [7, 11) is 1.50. The highest BCUT2D eigenvalue weighted by Gasteiger charge is 2.25. The Labute approximate surface area is 196 Å². The van der Waals surface area contributed by atoms with Crippen LogP contribution in [-0.2, 0) is 16.1 Å². The van der Waals surface area contributed by atoms with Gasteiger partial charge in [0.25, 0.3) is 5.88 Å². The molecule has 2 amide bonds. The van der Waals surface area contributed by atoms with E-state index in [-0.39, 0.29) is 49.1 Å². The third-order valence-electron chi connectivity index (χ3n) is 5.59. The average molecular weight is 463 g/mol. The molecular formula is C25H26N4O5. The summed E-state index contributed by atoms with van der Waals surface area (Å²) < 4.78 is 10.9. The fourth-order valence-electron chi connectivity index (χ4n) is 3.65. The molecule has 34 heavy (non-hydrogen) atoms. The molecule has 176 valence electrons. The summed E-state index contributed by atoms with van der Waals surface area (Å²) in [5, 5.41) is 13.9. The number of aromatic nitrogens is 2. The van der Waals surface area contributed by atoms with Crippen LogP contribution < -0.4 is 10.2 Å². The number of carbonyl (C=O) groups is 2. The number of anilines is 1. The number of alkyl carbamates (subject to hydrolysis) is 1. The summed E-state index contributed by atoms with van der Waals surface area (Å²) in [5.74, 6) is -0.630. The van der Waals surface area contributed by atoms with E-state index in [1.165, 1.54) is 11.9 Å². The lowest BCUT2D eigenvalue weighted by atomic mass is 9.98. The van der Waals surface area contributed by atoms with E-state index in [0.29, 0.717) is 0 Å². The van der Waals surface area contributed by atoms with Gasteiger partial charge >= 0.3 is 12.1 Å². The molecule has 9 nitrogen and oxygen atoms in total. The maximum Gasteiger partial charge on any atom is 0.407 e. The molecule has 2 aromatic carbocycles. The van der Waals surface area contributed by atoms with Gasteiger partial charge in [-0.25, -0.2) is 4.79 Å². The van der Waals surface area contributed by atoms with E-state index in [9.17, 15) is 14.7 Å². The minimum atomic E-state index is -0.608. The van der Waals surface area contributed by atoms with Gasteiger partial charge in [-0.05, 0) is 17.2 Å². The van der Waals surface area contributed by atoms with Crippen molar-refractivity contribution in [2.75, 3.05) is 18.5 Å². The molecule has 0 unspecified atom stereocenters. The standard InChI is InChI=1S/C25H26N4O5/c1-16(19-14-27-20-11-7-6-10-18(19)20)22-23(31)28-24(34-22)29(2)21(30)12-13-26-25(32)33-15-17-8-4-3-5-9-17/h3-11,14,16,27,31H,12-13,15H2,1-2H3,(H,26,32)/t16-/m1/s1. The van der Waals surface area contributed by atoms with Gasteiger partial charge in [-0.3, -0.25) is 9.69 Å². The van der Waals surface area contributed by atoms with Crippen molar-refractivity contribution < 1.29 is 23.8 Å². The molecule has 0 aliphatic carbocycles. The first kappa shape index (κ1) is 22.9. The molecule has 0 aliphatic heterocycles. The molecule has 0 fully saturated rings. The van der Waals surface area contributed by atoms with Gasteiger partial charge in [0.15, 0.2) is 5.76 Å². The van der Waals surface area contributed by atoms with E-state index in [4.69, 9.17) is 9.15 Å². The fraction of sp³-hybridized carbons (Fsp3) is 0.240. The second-order valence-corrected chi connectivity index (χ2v) is 7.89. The van der Waals surface area contributed by atoms with Gasteiger partial charge in [0.05, 0.1) is 0 Å². The highest BCUT2D eigenvalue weighted by Crippen LogP contribution is 2.36. The van der Waals surface area contributed by atoms with E-state index >= 15 is 0 Å². The van der Waals surface area contributed by atoms with E-state index < -0.39 is 6.09 Å². The van der Waals surface area contributed by atoms with Crippen LogP contribution in [0.25, 0.3) is 10.9 Å². The van der Waals surface area contributed by atoms with Crippen molar-refractivity contribution in [2.45, 2.75) is 25.9 Å². The number of aromatic hydroxyl groups is 1. The summed E-state index contributed by atoms with van der Waals surface area (Å²) in [6, 6.07) is 17.1. The van der Waals surface area contributed by atoms with Crippen LogP contribution in [0, 0.1) is 0 Å². The first-order chi connectivity index (χ1) is 16.4. The second-order valence-electron chi connectivity index (χ2n) is 7.89. The van der Waals surface area contributed by atoms with Gasteiger partial charge < -0.3 is 24.6 Å². The Morgan fingerprint density at radius 1 is 1.18 bits per heavy atom. The number of hydrogen-bond donors (Lipinski definition) is 3. The molecule has 9 heteroatoms. The van der Waals surface area contributed by atoms with Crippen molar-refractivity contribution in [3.63, 3.8) is 0 Å². The second kappa shape index (κ2) is 10.1. The number of amides is 2. The Bertz CT molecular complexity index is 1280. The molecule has 2 aromatic heterocycles. The van der Waals surface area contributed by atoms with E-state index in [1.807, 2.05) is 67.7 Å². The zero-order chi connectivity index (χ0) is 24.1. The summed E-state index contributed by atoms with van der Waals surface area (Å²) >= 11 is 0. The molecule has 0 saturated carbocycles. The molecule has 4 rings (SSSR count). The van der Waals surface area contributed by atoms with Gasteiger partial charge in [0.1, 0.15) is 6.61 Å². The zero-order valence-electron chi connectivity index (χ0n) is 18.9. The normalized spacial score (nSPS) is 11.8. The molecule has 0 aliphatic rings. The first-order valence-corrected chi connectivity index (χ1v) is 10.9. The van der Waals surface area contributed by atoms with Crippen molar-refractivity contribution in [3.05, 3.63) is 77.7 Å². The number of rotatable bonds is 8. The Kier molecular flexibility index (Phi) is 6.82. The molecule has 0 saturated heterocycles. The predicted molar refractivity (Wildman–Crippen MR) is 127 cm³/mol. The largest absolute Gasteiger partial charge is 0.491 e. The molecular weight excluding hydrogens is 436 g/mol. The van der Waals surface area contributed by atoms with Crippen LogP contribution >= 0.6 is 0 Å². The summed E-state index contributed by atoms with van der Waals surface area (Å²) in [4.78, 5) is 32.8. The number of benzene rings is 2. The fourth-order valence-corrected chi connectivity index (χ4v) is 3.65. The van der Waals surface area contributed by atoms with Crippen LogP contribution in [-0.4, -0.2) is 40.7 Å². The topological polar surface area (TPSA) is 121 Å². The number of ether oxygens (including phenoxy) is 1. The first-order valence-electron chi connectivity index (χ1n) is 10.9. The van der Waals surface area contributed by atoms with Crippen molar-refractivity contribution in [3.8, 4) is 5.88 Å². The van der Waals surface area contributed by atoms with Crippen LogP contribution in [0.15, 0.2) is 65.2 Å². The van der Waals surface area contributed by atoms with Crippen LogP contribution in [0.3, 0.4) is 0 Å². The molecule has 0 radical (unpaired) electrons. The average Bonchev–Trinajstić information content (AvgIpc) is 3.46. The maximum absolute atomic E-state index is 12.5. The monoisotopic (exact) mass is 462 g/mol. The van der Waals surface area contributed by atoms with Gasteiger partial charge in [-0.15, -0.1) is 0 Å². The summed E-state index contributed by atoms with van der Waals surface area (Å²) in [5.41, 5.74) is 2.79. The maximum atomic E-state index is 12.5. The minimum absolute atomic E-state index is 0.00736. The van der Waals surface area contributed by atoms with Crippen molar-refractivity contribution in [2.24, 2.45) is 0 Å². The Morgan fingerprint density at radius 2 is 1.91 bits per heavy atom. The number of hydrogen-bond acceptors (Lipinski definition) is 6. The molecule has 3 N–H and O–H groups in total. The minimum Gasteiger partial charge on any atom is -0.491 e. The van der Waals surface area contributed by atoms with Gasteiger partial charge in [0.2, 0.25) is 5.91 Å². The number of H-pyrrole nitrogens is 1. The third kappa shape index (κ3) is 5.03. The van der Waals surface area contributed by atoms with E-state index in [0.717, 1.165) is 22.0 Å². The van der Waals surface area contributed by atoms with Crippen LogP contribution in [0.1, 0.15) is 36.1 Å². The number of carbonyl (C=O) groups excluding carboxylic acids is 2. The molecule has 0 bridgehead atoms. The lowest BCUT2D eigenvalue weighted by Gasteiger charge is -2.13. The summed E-state index contributed by atoms with van der Waals surface area (Å²) in [6.45, 7) is 2.13. The Balaban J connectivity index is 1.32. The molecule has 4 aromatic rings. The van der Waals surface area contributed by atoms with E-state index in [1.54, 1.807) is 0 Å². The smallest absolute Gasteiger partial charge is 0.407 e. The molecule has 0 spiro atoms. The van der Waals surface area contributed by atoms with Crippen LogP contribution in [0.4, 0.5) is 10.8 Å². The SMILES string of the molecule is C[C@@H](c1oc(N(C)C(=O)CCNC(=O)OCc2ccccc2)nc1O)c1c[nH]c2ccccc12. The Morgan fingerprint density at radius 3 is 2.71 bits per heavy atom. The van der Waals surface area contributed by atoms with Crippen molar-refractivity contribution >= 4 is 28.9 Å². The highest BCUT2D eigenvalue weighted by atomic mass is 16.5. The lowest BCUT2D eigenvalue weighted by molar-refractivity contribution is -0.118. The predicted octanol–water partition coefficient (Wildman–Crippen LogP) is 4.29. The number of para-hydroxylation sites is 1. The number of nitrogens with zero attached hydrogens (tertiary/aromatic N) is 2. The quantitative estimate of drug-likeness (QED) is 0.359. The third-order valence-corrected chi connectivity index (χ3v) is 5.59. The number of fused-ring (bicyclic) bond motifs is 1. The van der Waals surface area contributed by atoms with Gasteiger partial charge in [-0.2, -0.15) is 4.98 Å². The van der Waals surface area contributed by atoms with Crippen LogP contribution in [0.2, 0.25) is 0 Å². The number of nitrogens with one attached hydrogen (secondary N) is 2. The molecule has 2 heterocycles. The number of oxazole rings is 1. The van der Waals surface area contributed by atoms with E-state index in [2.05, 4.69) is 15.3 Å². The van der Waals surface area contributed by atoms with Gasteiger partial charge in [-0.1, -0.05) is 55.5 Å².